The van der Waals surface area contributed by atoms with Gasteiger partial charge in [-0.05, 0) is 30.5 Å². The maximum Gasteiger partial charge on any atom is 0.243 e. The molecule has 5 nitrogen and oxygen atoms in total. The van der Waals surface area contributed by atoms with E-state index in [9.17, 15) is 9.59 Å². The molecular formula is C15H18ClN3O2. The van der Waals surface area contributed by atoms with Crippen LogP contribution in [0.4, 0.5) is 5.69 Å². The Balaban J connectivity index is 2.44. The van der Waals surface area contributed by atoms with Crippen molar-refractivity contribution < 1.29 is 9.59 Å². The molecule has 0 radical (unpaired) electrons. The van der Waals surface area contributed by atoms with Crippen molar-refractivity contribution in [1.82, 2.24) is 5.32 Å². The second-order valence-corrected chi connectivity index (χ2v) is 5.47. The Bertz CT molecular complexity index is 565. The van der Waals surface area contributed by atoms with E-state index < -0.39 is 0 Å². The lowest BCUT2D eigenvalue weighted by Gasteiger charge is -2.08. The molecule has 0 aliphatic carbocycles. The van der Waals surface area contributed by atoms with Gasteiger partial charge in [-0.25, -0.2) is 0 Å². The number of carbonyl (C=O) groups excluding carboxylic acids is 2. The molecule has 2 amide bonds. The molecule has 0 aromatic heterocycles. The Morgan fingerprint density at radius 1 is 1.33 bits per heavy atom. The van der Waals surface area contributed by atoms with E-state index in [1.165, 1.54) is 12.1 Å². The highest BCUT2D eigenvalue weighted by molar-refractivity contribution is 6.31. The summed E-state index contributed by atoms with van der Waals surface area (Å²) in [5.74, 6) is -0.0465. The smallest absolute Gasteiger partial charge is 0.243 e. The molecule has 0 bridgehead atoms. The van der Waals surface area contributed by atoms with E-state index in [1.807, 2.05) is 19.9 Å². The summed E-state index contributed by atoms with van der Waals surface area (Å²) in [6, 6.07) is 6.56. The molecule has 1 rings (SSSR count). The van der Waals surface area contributed by atoms with E-state index >= 15 is 0 Å². The summed E-state index contributed by atoms with van der Waals surface area (Å²) < 4.78 is 0. The number of carbonyl (C=O) groups is 2. The van der Waals surface area contributed by atoms with Crippen LogP contribution in [0.3, 0.4) is 0 Å². The van der Waals surface area contributed by atoms with Gasteiger partial charge in [0.2, 0.25) is 11.8 Å². The van der Waals surface area contributed by atoms with Gasteiger partial charge in [0.05, 0.1) is 17.1 Å². The molecule has 2 N–H and O–H groups in total. The Labute approximate surface area is 129 Å². The van der Waals surface area contributed by atoms with Gasteiger partial charge in [0.1, 0.15) is 6.07 Å². The fraction of sp³-hybridized carbons (Fsp3) is 0.400. The van der Waals surface area contributed by atoms with Gasteiger partial charge in [0, 0.05) is 12.1 Å². The summed E-state index contributed by atoms with van der Waals surface area (Å²) in [4.78, 5) is 23.2. The van der Waals surface area contributed by atoms with Crippen molar-refractivity contribution in [2.24, 2.45) is 5.92 Å². The van der Waals surface area contributed by atoms with Gasteiger partial charge in [-0.3, -0.25) is 9.59 Å². The number of hydrogen-bond acceptors (Lipinski definition) is 3. The maximum absolute atomic E-state index is 11.7. The van der Waals surface area contributed by atoms with E-state index in [2.05, 4.69) is 10.6 Å². The van der Waals surface area contributed by atoms with Crippen LogP contribution < -0.4 is 10.6 Å². The molecule has 0 saturated heterocycles. The number of benzene rings is 1. The van der Waals surface area contributed by atoms with Gasteiger partial charge < -0.3 is 10.6 Å². The fourth-order valence-electron chi connectivity index (χ4n) is 1.58. The minimum atomic E-state index is -0.348. The number of nitrogens with one attached hydrogen (secondary N) is 2. The molecule has 1 aromatic rings. The van der Waals surface area contributed by atoms with E-state index in [0.29, 0.717) is 23.0 Å². The lowest BCUT2D eigenvalue weighted by molar-refractivity contribution is -0.124. The van der Waals surface area contributed by atoms with Gasteiger partial charge in [0.25, 0.3) is 0 Å². The quantitative estimate of drug-likeness (QED) is 0.847. The average Bonchev–Trinajstić information content (AvgIpc) is 2.44. The van der Waals surface area contributed by atoms with Crippen molar-refractivity contribution in [2.75, 3.05) is 11.9 Å². The van der Waals surface area contributed by atoms with Crippen LogP contribution >= 0.6 is 11.6 Å². The third-order valence-electron chi connectivity index (χ3n) is 2.77. The SMILES string of the molecule is CC(C)CCC(=O)NCC(=O)Nc1ccc(Cl)c(C#N)c1. The highest BCUT2D eigenvalue weighted by atomic mass is 35.5. The van der Waals surface area contributed by atoms with Crippen LogP contribution in [0, 0.1) is 17.2 Å². The first-order chi connectivity index (χ1) is 9.92. The van der Waals surface area contributed by atoms with Crippen LogP contribution in [-0.4, -0.2) is 18.4 Å². The molecule has 0 unspecified atom stereocenters. The first kappa shape index (κ1) is 17.0. The van der Waals surface area contributed by atoms with Crippen LogP contribution in [0.2, 0.25) is 5.02 Å². The minimum absolute atomic E-state index is 0.0958. The first-order valence-corrected chi connectivity index (χ1v) is 7.06. The molecule has 0 fully saturated rings. The minimum Gasteiger partial charge on any atom is -0.347 e. The average molecular weight is 308 g/mol. The van der Waals surface area contributed by atoms with Crippen molar-refractivity contribution in [1.29, 1.82) is 5.26 Å². The van der Waals surface area contributed by atoms with E-state index in [1.54, 1.807) is 6.07 Å². The van der Waals surface area contributed by atoms with E-state index in [0.717, 1.165) is 6.42 Å². The fourth-order valence-corrected chi connectivity index (χ4v) is 1.74. The second kappa shape index (κ2) is 8.28. The third-order valence-corrected chi connectivity index (χ3v) is 3.10. The Hall–Kier alpha value is -2.06. The van der Waals surface area contributed by atoms with E-state index in [-0.39, 0.29) is 23.9 Å². The number of hydrogen-bond donors (Lipinski definition) is 2. The van der Waals surface area contributed by atoms with Crippen LogP contribution in [0.15, 0.2) is 18.2 Å². The van der Waals surface area contributed by atoms with Gasteiger partial charge in [-0.1, -0.05) is 25.4 Å². The zero-order valence-electron chi connectivity index (χ0n) is 12.1. The predicted molar refractivity (Wildman–Crippen MR) is 81.9 cm³/mol. The summed E-state index contributed by atoms with van der Waals surface area (Å²) in [7, 11) is 0. The number of amides is 2. The van der Waals surface area contributed by atoms with Crippen LogP contribution in [0.1, 0.15) is 32.3 Å². The summed E-state index contributed by atoms with van der Waals surface area (Å²) in [6.45, 7) is 3.97. The molecular weight excluding hydrogens is 290 g/mol. The first-order valence-electron chi connectivity index (χ1n) is 6.68. The van der Waals surface area contributed by atoms with Gasteiger partial charge in [-0.15, -0.1) is 0 Å². The van der Waals surface area contributed by atoms with Crippen molar-refractivity contribution >= 4 is 29.1 Å². The van der Waals surface area contributed by atoms with Crippen molar-refractivity contribution in [3.05, 3.63) is 28.8 Å². The highest BCUT2D eigenvalue weighted by Crippen LogP contribution is 2.19. The number of nitriles is 1. The highest BCUT2D eigenvalue weighted by Gasteiger charge is 2.08. The molecule has 0 spiro atoms. The van der Waals surface area contributed by atoms with Crippen LogP contribution in [0.25, 0.3) is 0 Å². The van der Waals surface area contributed by atoms with Gasteiger partial charge >= 0.3 is 0 Å². The van der Waals surface area contributed by atoms with Crippen molar-refractivity contribution in [2.45, 2.75) is 26.7 Å². The molecule has 21 heavy (non-hydrogen) atoms. The largest absolute Gasteiger partial charge is 0.347 e. The number of anilines is 1. The summed E-state index contributed by atoms with van der Waals surface area (Å²) in [5, 5.41) is 14.3. The van der Waals surface area contributed by atoms with Gasteiger partial charge in [0.15, 0.2) is 0 Å². The topological polar surface area (TPSA) is 82.0 Å². The van der Waals surface area contributed by atoms with Crippen molar-refractivity contribution in [3.8, 4) is 6.07 Å². The van der Waals surface area contributed by atoms with Crippen molar-refractivity contribution in [3.63, 3.8) is 0 Å². The molecule has 6 heteroatoms. The molecule has 1 aromatic carbocycles. The second-order valence-electron chi connectivity index (χ2n) is 5.06. The zero-order valence-corrected chi connectivity index (χ0v) is 12.8. The normalized spacial score (nSPS) is 10.0. The maximum atomic E-state index is 11.7. The predicted octanol–water partition coefficient (Wildman–Crippen LogP) is 2.70. The zero-order chi connectivity index (χ0) is 15.8. The lowest BCUT2D eigenvalue weighted by atomic mass is 10.1. The molecule has 0 saturated carbocycles. The molecule has 0 atom stereocenters. The monoisotopic (exact) mass is 307 g/mol. The summed E-state index contributed by atoms with van der Waals surface area (Å²) in [6.07, 6.45) is 1.20. The Morgan fingerprint density at radius 2 is 2.05 bits per heavy atom. The third kappa shape index (κ3) is 6.28. The Morgan fingerprint density at radius 3 is 2.67 bits per heavy atom. The number of nitrogens with zero attached hydrogens (tertiary/aromatic N) is 1. The van der Waals surface area contributed by atoms with Crippen LogP contribution in [0.5, 0.6) is 0 Å². The molecule has 0 heterocycles. The standard InChI is InChI=1S/C15H18ClN3O2/c1-10(2)3-6-14(20)18-9-15(21)19-12-4-5-13(16)11(7-12)8-17/h4-5,7,10H,3,6,9H2,1-2H3,(H,18,20)(H,19,21). The molecule has 0 aliphatic rings. The summed E-state index contributed by atoms with van der Waals surface area (Å²) in [5.41, 5.74) is 0.757. The van der Waals surface area contributed by atoms with Gasteiger partial charge in [-0.2, -0.15) is 5.26 Å². The number of halogens is 1. The molecule has 112 valence electrons. The summed E-state index contributed by atoms with van der Waals surface area (Å²) >= 11 is 5.80. The van der Waals surface area contributed by atoms with E-state index in [4.69, 9.17) is 16.9 Å². The molecule has 0 aliphatic heterocycles. The number of rotatable bonds is 6. The van der Waals surface area contributed by atoms with Crippen LogP contribution in [-0.2, 0) is 9.59 Å². The lowest BCUT2D eigenvalue weighted by Crippen LogP contribution is -2.32. The Kier molecular flexibility index (Phi) is 6.70.